The third-order valence-corrected chi connectivity index (χ3v) is 2.36. The van der Waals surface area contributed by atoms with Crippen LogP contribution in [0.2, 0.25) is 0 Å². The Labute approximate surface area is 101 Å². The van der Waals surface area contributed by atoms with Crippen molar-refractivity contribution < 1.29 is 14.3 Å². The monoisotopic (exact) mass is 238 g/mol. The van der Waals surface area contributed by atoms with Crippen molar-refractivity contribution in [1.82, 2.24) is 5.32 Å². The van der Waals surface area contributed by atoms with E-state index in [1.165, 1.54) is 0 Å². The van der Waals surface area contributed by atoms with Crippen molar-refractivity contribution in [3.05, 3.63) is 23.8 Å². The molecule has 5 heteroatoms. The van der Waals surface area contributed by atoms with Gasteiger partial charge in [0, 0.05) is 0 Å². The fraction of sp³-hybridized carbons (Fsp3) is 0.417. The smallest absolute Gasteiger partial charge is 0.231 e. The van der Waals surface area contributed by atoms with E-state index in [4.69, 9.17) is 15.2 Å². The van der Waals surface area contributed by atoms with Gasteiger partial charge in [-0.25, -0.2) is 0 Å². The molecule has 1 rings (SSSR count). The number of methoxy groups -OCH3 is 2. The Bertz CT molecular complexity index is 380. The molecule has 1 aromatic rings. The Balaban J connectivity index is 2.58. The molecule has 5 nitrogen and oxygen atoms in total. The average molecular weight is 238 g/mol. The lowest BCUT2D eigenvalue weighted by Crippen LogP contribution is -2.29. The van der Waals surface area contributed by atoms with Crippen LogP contribution in [-0.4, -0.2) is 33.2 Å². The Morgan fingerprint density at radius 3 is 2.71 bits per heavy atom. The number of ether oxygens (including phenoxy) is 2. The van der Waals surface area contributed by atoms with E-state index in [1.54, 1.807) is 14.2 Å². The van der Waals surface area contributed by atoms with E-state index < -0.39 is 0 Å². The van der Waals surface area contributed by atoms with E-state index in [-0.39, 0.29) is 12.5 Å². The lowest BCUT2D eigenvalue weighted by molar-refractivity contribution is -0.117. The molecule has 0 saturated heterocycles. The fourth-order valence-corrected chi connectivity index (χ4v) is 1.51. The summed E-state index contributed by atoms with van der Waals surface area (Å²) in [6.45, 7) is 0.846. The molecule has 0 aromatic heterocycles. The molecule has 94 valence electrons. The van der Waals surface area contributed by atoms with Crippen LogP contribution in [0.1, 0.15) is 5.56 Å². The first-order valence-corrected chi connectivity index (χ1v) is 5.37. The Morgan fingerprint density at radius 1 is 1.35 bits per heavy atom. The SMILES string of the molecule is COc1ccc(OC)c(CCNCC(N)=O)c1. The molecule has 0 spiro atoms. The van der Waals surface area contributed by atoms with Gasteiger partial charge in [0.25, 0.3) is 0 Å². The number of benzene rings is 1. The minimum absolute atomic E-state index is 0.187. The van der Waals surface area contributed by atoms with E-state index in [0.29, 0.717) is 6.54 Å². The molecule has 0 unspecified atom stereocenters. The van der Waals surface area contributed by atoms with Gasteiger partial charge in [0.2, 0.25) is 5.91 Å². The topological polar surface area (TPSA) is 73.6 Å². The summed E-state index contributed by atoms with van der Waals surface area (Å²) in [6.07, 6.45) is 0.744. The lowest BCUT2D eigenvalue weighted by atomic mass is 10.1. The maximum Gasteiger partial charge on any atom is 0.231 e. The van der Waals surface area contributed by atoms with Crippen molar-refractivity contribution in [2.75, 3.05) is 27.3 Å². The van der Waals surface area contributed by atoms with Crippen molar-refractivity contribution in [2.24, 2.45) is 5.73 Å². The number of primary amides is 1. The zero-order chi connectivity index (χ0) is 12.7. The summed E-state index contributed by atoms with van der Waals surface area (Å²) in [5.41, 5.74) is 6.06. The second-order valence-corrected chi connectivity index (χ2v) is 3.57. The molecular weight excluding hydrogens is 220 g/mol. The molecule has 1 aromatic carbocycles. The number of hydrogen-bond donors (Lipinski definition) is 2. The van der Waals surface area contributed by atoms with E-state index in [1.807, 2.05) is 18.2 Å². The molecule has 17 heavy (non-hydrogen) atoms. The predicted molar refractivity (Wildman–Crippen MR) is 65.3 cm³/mol. The summed E-state index contributed by atoms with van der Waals surface area (Å²) in [5, 5.41) is 2.95. The highest BCUT2D eigenvalue weighted by Crippen LogP contribution is 2.23. The van der Waals surface area contributed by atoms with Gasteiger partial charge in [-0.05, 0) is 36.7 Å². The number of nitrogens with two attached hydrogens (primary N) is 1. The van der Waals surface area contributed by atoms with Crippen molar-refractivity contribution in [1.29, 1.82) is 0 Å². The molecule has 0 fully saturated rings. The molecule has 0 aliphatic heterocycles. The molecule has 0 bridgehead atoms. The normalized spacial score (nSPS) is 10.0. The van der Waals surface area contributed by atoms with Crippen LogP contribution in [-0.2, 0) is 11.2 Å². The van der Waals surface area contributed by atoms with Gasteiger partial charge < -0.3 is 20.5 Å². The fourth-order valence-electron chi connectivity index (χ4n) is 1.51. The molecule has 1 amide bonds. The predicted octanol–water partition coefficient (Wildman–Crippen LogP) is 0.321. The largest absolute Gasteiger partial charge is 0.497 e. The van der Waals surface area contributed by atoms with Gasteiger partial charge >= 0.3 is 0 Å². The third-order valence-electron chi connectivity index (χ3n) is 2.36. The summed E-state index contributed by atoms with van der Waals surface area (Å²) in [7, 11) is 3.25. The minimum atomic E-state index is -0.359. The van der Waals surface area contributed by atoms with Crippen LogP contribution in [0.4, 0.5) is 0 Å². The van der Waals surface area contributed by atoms with Gasteiger partial charge in [0.15, 0.2) is 0 Å². The van der Waals surface area contributed by atoms with Crippen LogP contribution in [0.3, 0.4) is 0 Å². The lowest BCUT2D eigenvalue weighted by Gasteiger charge is -2.10. The summed E-state index contributed by atoms with van der Waals surface area (Å²) in [5.74, 6) is 1.24. The van der Waals surface area contributed by atoms with Crippen LogP contribution >= 0.6 is 0 Å². The first kappa shape index (κ1) is 13.3. The van der Waals surface area contributed by atoms with E-state index in [9.17, 15) is 4.79 Å². The van der Waals surface area contributed by atoms with Gasteiger partial charge in [0.1, 0.15) is 11.5 Å². The molecule has 0 aliphatic rings. The van der Waals surface area contributed by atoms with Crippen LogP contribution < -0.4 is 20.5 Å². The van der Waals surface area contributed by atoms with Gasteiger partial charge in [0.05, 0.1) is 20.8 Å². The second kappa shape index (κ2) is 6.75. The highest BCUT2D eigenvalue weighted by molar-refractivity contribution is 5.75. The molecule has 0 aliphatic carbocycles. The van der Waals surface area contributed by atoms with Crippen molar-refractivity contribution in [3.8, 4) is 11.5 Å². The van der Waals surface area contributed by atoms with Gasteiger partial charge in [-0.1, -0.05) is 0 Å². The van der Waals surface area contributed by atoms with Crippen LogP contribution in [0.5, 0.6) is 11.5 Å². The first-order chi connectivity index (χ1) is 8.17. The minimum Gasteiger partial charge on any atom is -0.497 e. The summed E-state index contributed by atoms with van der Waals surface area (Å²) in [4.78, 5) is 10.5. The molecule has 0 radical (unpaired) electrons. The Kier molecular flexibility index (Phi) is 5.29. The standard InChI is InChI=1S/C12H18N2O3/c1-16-10-3-4-11(17-2)9(7-10)5-6-14-8-12(13)15/h3-4,7,14H,5-6,8H2,1-2H3,(H2,13,15). The molecule has 0 heterocycles. The van der Waals surface area contributed by atoms with Crippen LogP contribution in [0.15, 0.2) is 18.2 Å². The molecule has 0 atom stereocenters. The van der Waals surface area contributed by atoms with Crippen molar-refractivity contribution >= 4 is 5.91 Å². The molecule has 3 N–H and O–H groups in total. The number of nitrogens with one attached hydrogen (secondary N) is 1. The highest BCUT2D eigenvalue weighted by Gasteiger charge is 2.04. The van der Waals surface area contributed by atoms with Gasteiger partial charge in [-0.15, -0.1) is 0 Å². The summed E-state index contributed by atoms with van der Waals surface area (Å²) < 4.78 is 10.4. The molecule has 0 saturated carbocycles. The average Bonchev–Trinajstić information content (AvgIpc) is 2.34. The van der Waals surface area contributed by atoms with E-state index in [0.717, 1.165) is 23.5 Å². The maximum atomic E-state index is 10.5. The number of carbonyl (C=O) groups excluding carboxylic acids is 1. The third kappa shape index (κ3) is 4.32. The van der Waals surface area contributed by atoms with E-state index in [2.05, 4.69) is 5.32 Å². The first-order valence-electron chi connectivity index (χ1n) is 5.37. The van der Waals surface area contributed by atoms with Gasteiger partial charge in [-0.3, -0.25) is 4.79 Å². The van der Waals surface area contributed by atoms with Gasteiger partial charge in [-0.2, -0.15) is 0 Å². The molecular formula is C12H18N2O3. The van der Waals surface area contributed by atoms with Crippen molar-refractivity contribution in [2.45, 2.75) is 6.42 Å². The zero-order valence-electron chi connectivity index (χ0n) is 10.2. The Hall–Kier alpha value is -1.75. The number of amides is 1. The quantitative estimate of drug-likeness (QED) is 0.671. The van der Waals surface area contributed by atoms with Crippen molar-refractivity contribution in [3.63, 3.8) is 0 Å². The maximum absolute atomic E-state index is 10.5. The highest BCUT2D eigenvalue weighted by atomic mass is 16.5. The van der Waals surface area contributed by atoms with E-state index >= 15 is 0 Å². The van der Waals surface area contributed by atoms with Crippen LogP contribution in [0.25, 0.3) is 0 Å². The summed E-state index contributed by atoms with van der Waals surface area (Å²) in [6, 6.07) is 5.63. The second-order valence-electron chi connectivity index (χ2n) is 3.57. The number of hydrogen-bond acceptors (Lipinski definition) is 4. The number of rotatable bonds is 7. The zero-order valence-corrected chi connectivity index (χ0v) is 10.2. The van der Waals surface area contributed by atoms with Crippen LogP contribution in [0, 0.1) is 0 Å². The summed E-state index contributed by atoms with van der Waals surface area (Å²) >= 11 is 0. The number of carbonyl (C=O) groups is 1. The Morgan fingerprint density at radius 2 is 2.12 bits per heavy atom.